The summed E-state index contributed by atoms with van der Waals surface area (Å²) < 4.78 is 1.88. The molecular formula is C25H26N4O2S. The van der Waals surface area contributed by atoms with E-state index in [4.69, 9.17) is 12.2 Å². The van der Waals surface area contributed by atoms with Crippen LogP contribution in [0.25, 0.3) is 10.9 Å². The van der Waals surface area contributed by atoms with Crippen LogP contribution in [0.15, 0.2) is 59.4 Å². The third-order valence-corrected chi connectivity index (χ3v) is 6.81. The molecule has 0 bridgehead atoms. The number of hydrogen-bond acceptors (Lipinski definition) is 4. The van der Waals surface area contributed by atoms with Crippen molar-refractivity contribution in [2.75, 3.05) is 13.1 Å². The summed E-state index contributed by atoms with van der Waals surface area (Å²) in [7, 11) is 0. The van der Waals surface area contributed by atoms with Gasteiger partial charge in [0.05, 0.1) is 6.04 Å². The molecule has 0 spiro atoms. The molecule has 0 saturated carbocycles. The Balaban J connectivity index is 1.64. The number of fused-ring (bicyclic) bond motifs is 3. The van der Waals surface area contributed by atoms with Gasteiger partial charge in [0.15, 0.2) is 4.77 Å². The minimum Gasteiger partial charge on any atom is -0.494 e. The number of aromatic amines is 2. The fraction of sp³-hybridized carbons (Fsp3) is 0.280. The third kappa shape index (κ3) is 3.47. The Morgan fingerprint density at radius 1 is 1.09 bits per heavy atom. The van der Waals surface area contributed by atoms with Crippen LogP contribution in [-0.4, -0.2) is 37.6 Å². The largest absolute Gasteiger partial charge is 0.494 e. The van der Waals surface area contributed by atoms with Gasteiger partial charge in [0.1, 0.15) is 5.56 Å². The van der Waals surface area contributed by atoms with Crippen LogP contribution < -0.4 is 5.56 Å². The highest BCUT2D eigenvalue weighted by Crippen LogP contribution is 2.39. The van der Waals surface area contributed by atoms with E-state index >= 15 is 0 Å². The van der Waals surface area contributed by atoms with E-state index in [1.165, 1.54) is 10.9 Å². The molecule has 3 heterocycles. The zero-order valence-electron chi connectivity index (χ0n) is 18.0. The van der Waals surface area contributed by atoms with Crippen LogP contribution in [0, 0.1) is 4.77 Å². The minimum atomic E-state index is -0.363. The molecule has 3 N–H and O–H groups in total. The van der Waals surface area contributed by atoms with Crippen molar-refractivity contribution in [1.82, 2.24) is 19.4 Å². The second-order valence-electron chi connectivity index (χ2n) is 8.23. The fourth-order valence-electron chi connectivity index (χ4n) is 4.87. The Bertz CT molecular complexity index is 1390. The van der Waals surface area contributed by atoms with E-state index in [-0.39, 0.29) is 22.3 Å². The summed E-state index contributed by atoms with van der Waals surface area (Å²) in [6.07, 6.45) is 1.60. The van der Waals surface area contributed by atoms with Crippen molar-refractivity contribution in [3.8, 4) is 5.88 Å². The van der Waals surface area contributed by atoms with Crippen LogP contribution in [0.1, 0.15) is 35.3 Å². The van der Waals surface area contributed by atoms with Crippen molar-refractivity contribution >= 4 is 23.1 Å². The summed E-state index contributed by atoms with van der Waals surface area (Å²) >= 11 is 5.42. The number of benzene rings is 2. The molecule has 1 atom stereocenters. The predicted molar refractivity (Wildman–Crippen MR) is 129 cm³/mol. The summed E-state index contributed by atoms with van der Waals surface area (Å²) in [4.78, 5) is 21.7. The number of likely N-dealkylation sites (N-methyl/N-ethyl adjacent to an activating group) is 1. The van der Waals surface area contributed by atoms with Crippen molar-refractivity contribution in [1.29, 1.82) is 0 Å². The van der Waals surface area contributed by atoms with Crippen LogP contribution in [0.3, 0.4) is 0 Å². The first-order valence-corrected chi connectivity index (χ1v) is 11.4. The quantitative estimate of drug-likeness (QED) is 0.400. The lowest BCUT2D eigenvalue weighted by atomic mass is 9.93. The van der Waals surface area contributed by atoms with Gasteiger partial charge in [0, 0.05) is 29.7 Å². The van der Waals surface area contributed by atoms with Crippen molar-refractivity contribution in [3.63, 3.8) is 0 Å². The highest BCUT2D eigenvalue weighted by atomic mass is 32.1. The predicted octanol–water partition coefficient (Wildman–Crippen LogP) is 4.30. The average Bonchev–Trinajstić information content (AvgIpc) is 3.18. The molecule has 4 aromatic rings. The fourth-order valence-corrected chi connectivity index (χ4v) is 5.14. The molecular weight excluding hydrogens is 420 g/mol. The number of rotatable bonds is 5. The Kier molecular flexibility index (Phi) is 5.45. The van der Waals surface area contributed by atoms with E-state index in [9.17, 15) is 9.90 Å². The highest BCUT2D eigenvalue weighted by Gasteiger charge is 2.35. The molecule has 5 rings (SSSR count). The normalized spacial score (nSPS) is 16.3. The van der Waals surface area contributed by atoms with E-state index < -0.39 is 0 Å². The number of hydrogen-bond donors (Lipinski definition) is 3. The summed E-state index contributed by atoms with van der Waals surface area (Å²) in [6, 6.07) is 17.9. The Morgan fingerprint density at radius 3 is 2.62 bits per heavy atom. The van der Waals surface area contributed by atoms with E-state index in [1.54, 1.807) is 4.57 Å². The topological polar surface area (TPSA) is 77.1 Å². The summed E-state index contributed by atoms with van der Waals surface area (Å²) in [5.74, 6) is -0.0513. The smallest absolute Gasteiger partial charge is 0.260 e. The maximum atomic E-state index is 13.1. The van der Waals surface area contributed by atoms with Crippen molar-refractivity contribution in [2.45, 2.75) is 32.4 Å². The first-order chi connectivity index (χ1) is 15.6. The van der Waals surface area contributed by atoms with Crippen LogP contribution >= 0.6 is 12.2 Å². The molecule has 0 saturated heterocycles. The van der Waals surface area contributed by atoms with Gasteiger partial charge in [0.2, 0.25) is 5.88 Å². The highest BCUT2D eigenvalue weighted by molar-refractivity contribution is 7.71. The maximum Gasteiger partial charge on any atom is 0.260 e. The van der Waals surface area contributed by atoms with E-state index in [2.05, 4.69) is 33.9 Å². The van der Waals surface area contributed by atoms with Gasteiger partial charge in [-0.3, -0.25) is 19.2 Å². The van der Waals surface area contributed by atoms with Crippen molar-refractivity contribution < 1.29 is 5.11 Å². The SMILES string of the molecule is CCN1CCc2c([nH]c3ccccc23)C1c1c(O)n(CCc2ccccc2)c(=S)[nH]c1=O. The van der Waals surface area contributed by atoms with E-state index in [0.717, 1.165) is 36.3 Å². The zero-order chi connectivity index (χ0) is 22.2. The molecule has 0 aliphatic carbocycles. The summed E-state index contributed by atoms with van der Waals surface area (Å²) in [5, 5.41) is 12.5. The average molecular weight is 447 g/mol. The molecule has 6 nitrogen and oxygen atoms in total. The summed E-state index contributed by atoms with van der Waals surface area (Å²) in [6.45, 7) is 4.14. The van der Waals surface area contributed by atoms with Crippen LogP contribution in [0.5, 0.6) is 5.88 Å². The number of aryl methyl sites for hydroxylation is 1. The molecule has 0 radical (unpaired) electrons. The van der Waals surface area contributed by atoms with Crippen molar-refractivity contribution in [3.05, 3.63) is 92.1 Å². The molecule has 7 heteroatoms. The number of nitrogens with one attached hydrogen (secondary N) is 2. The lowest BCUT2D eigenvalue weighted by molar-refractivity contribution is 0.214. The van der Waals surface area contributed by atoms with Gasteiger partial charge >= 0.3 is 0 Å². The zero-order valence-corrected chi connectivity index (χ0v) is 18.8. The third-order valence-electron chi connectivity index (χ3n) is 6.49. The van der Waals surface area contributed by atoms with Gasteiger partial charge in [-0.05, 0) is 48.8 Å². The van der Waals surface area contributed by atoms with Gasteiger partial charge in [-0.1, -0.05) is 55.5 Å². The molecule has 2 aromatic heterocycles. The standard InChI is InChI=1S/C25H26N4O2S/c1-2-28-14-13-18-17-10-6-7-11-19(17)26-21(18)22(28)20-23(30)27-25(32)29(24(20)31)15-12-16-8-4-3-5-9-16/h3-11,22,26,31H,2,12-15H2,1H3,(H,27,30,32). The molecule has 1 aliphatic rings. The number of aromatic nitrogens is 3. The van der Waals surface area contributed by atoms with Gasteiger partial charge in [-0.25, -0.2) is 0 Å². The minimum absolute atomic E-state index is 0.0513. The van der Waals surface area contributed by atoms with Gasteiger partial charge < -0.3 is 10.1 Å². The number of aromatic hydroxyl groups is 1. The van der Waals surface area contributed by atoms with Crippen LogP contribution in [-0.2, 0) is 19.4 Å². The van der Waals surface area contributed by atoms with Crippen LogP contribution in [0.2, 0.25) is 0 Å². The van der Waals surface area contributed by atoms with Gasteiger partial charge in [-0.2, -0.15) is 0 Å². The van der Waals surface area contributed by atoms with E-state index in [1.807, 2.05) is 42.5 Å². The Morgan fingerprint density at radius 2 is 1.84 bits per heavy atom. The molecule has 0 fully saturated rings. The monoisotopic (exact) mass is 446 g/mol. The lowest BCUT2D eigenvalue weighted by Crippen LogP contribution is -2.39. The number of para-hydroxylation sites is 1. The first kappa shape index (κ1) is 20.7. The maximum absolute atomic E-state index is 13.1. The van der Waals surface area contributed by atoms with Gasteiger partial charge in [0.25, 0.3) is 5.56 Å². The molecule has 1 unspecified atom stereocenters. The van der Waals surface area contributed by atoms with Gasteiger partial charge in [-0.15, -0.1) is 0 Å². The first-order valence-electron chi connectivity index (χ1n) is 11.0. The Hall–Kier alpha value is -3.16. The second kappa shape index (κ2) is 8.41. The molecule has 1 aliphatic heterocycles. The van der Waals surface area contributed by atoms with Crippen molar-refractivity contribution in [2.24, 2.45) is 0 Å². The Labute approximate surface area is 191 Å². The number of H-pyrrole nitrogens is 2. The van der Waals surface area contributed by atoms with Crippen LogP contribution in [0.4, 0.5) is 0 Å². The van der Waals surface area contributed by atoms with E-state index in [0.29, 0.717) is 18.5 Å². The second-order valence-corrected chi connectivity index (χ2v) is 8.61. The molecule has 32 heavy (non-hydrogen) atoms. The molecule has 164 valence electrons. The number of nitrogens with zero attached hydrogens (tertiary/aromatic N) is 2. The lowest BCUT2D eigenvalue weighted by Gasteiger charge is -2.35. The molecule has 0 amide bonds. The molecule has 2 aromatic carbocycles. The summed E-state index contributed by atoms with van der Waals surface area (Å²) in [5.41, 5.74) is 4.40.